The molecule has 43 heavy (non-hydrogen) atoms. The molecule has 0 spiro atoms. The summed E-state index contributed by atoms with van der Waals surface area (Å²) in [5.41, 5.74) is 3.49. The van der Waals surface area contributed by atoms with Crippen molar-refractivity contribution in [3.63, 3.8) is 0 Å². The number of anilines is 1. The van der Waals surface area contributed by atoms with Gasteiger partial charge in [-0.25, -0.2) is 4.98 Å². The van der Waals surface area contributed by atoms with Crippen LogP contribution in [0.3, 0.4) is 0 Å². The average molecular weight is 600 g/mol. The molecule has 0 aromatic carbocycles. The van der Waals surface area contributed by atoms with Crippen LogP contribution in [0.4, 0.5) is 5.82 Å². The van der Waals surface area contributed by atoms with Crippen molar-refractivity contribution in [2.45, 2.75) is 97.4 Å². The van der Waals surface area contributed by atoms with Crippen LogP contribution in [0.2, 0.25) is 0 Å². The third-order valence-corrected chi connectivity index (χ3v) is 7.80. The maximum absolute atomic E-state index is 12.4. The number of hydrogen-bond donors (Lipinski definition) is 2. The van der Waals surface area contributed by atoms with Gasteiger partial charge in [0.2, 0.25) is 0 Å². The van der Waals surface area contributed by atoms with E-state index in [-0.39, 0.29) is 23.3 Å². The highest BCUT2D eigenvalue weighted by molar-refractivity contribution is 5.68. The molecule has 1 aliphatic rings. The summed E-state index contributed by atoms with van der Waals surface area (Å²) in [6, 6.07) is 7.66. The molecule has 0 aliphatic carbocycles. The number of aromatic nitrogens is 2. The van der Waals surface area contributed by atoms with Gasteiger partial charge in [-0.2, -0.15) is 0 Å². The van der Waals surface area contributed by atoms with Crippen LogP contribution in [0.25, 0.3) is 0 Å². The fourth-order valence-electron chi connectivity index (χ4n) is 5.21. The molecule has 1 aliphatic heterocycles. The fraction of sp³-hybridized carbons (Fsp3) is 0.676. The topological polar surface area (TPSA) is 112 Å². The van der Waals surface area contributed by atoms with Crippen molar-refractivity contribution in [3.05, 3.63) is 57.6 Å². The van der Waals surface area contributed by atoms with E-state index >= 15 is 0 Å². The second-order valence-electron chi connectivity index (χ2n) is 12.7. The minimum absolute atomic E-state index is 0.0536. The minimum atomic E-state index is -0.822. The number of carboxylic acid groups (broad SMARTS) is 1. The van der Waals surface area contributed by atoms with Crippen LogP contribution in [-0.4, -0.2) is 66.8 Å². The molecule has 0 saturated heterocycles. The summed E-state index contributed by atoms with van der Waals surface area (Å²) in [5.74, 6) is 0.0982. The molecule has 2 aromatic rings. The number of hydrogen-bond acceptors (Lipinski definition) is 7. The molecule has 3 rings (SSSR count). The summed E-state index contributed by atoms with van der Waals surface area (Å²) < 4.78 is 18.4. The van der Waals surface area contributed by atoms with Crippen LogP contribution in [0.5, 0.6) is 0 Å². The van der Waals surface area contributed by atoms with E-state index in [0.717, 1.165) is 88.0 Å². The number of unbranched alkanes of at least 4 members (excludes halogenated alkanes) is 3. The molecule has 1 atom stereocenters. The standard InChI is InChI=1S/C34H53N3O6/c1-34(2,3)16-19-41-21-23-43-24-22-42-20-18-37-26-29(13-15-31(37)38)28(25-32(39)40)9-6-4-5-7-11-30-14-12-27-10-8-17-35-33(27)36-30/h12-15,26,28H,4-11,16-25H2,1-3H3,(H,35,36)(H,39,40)/t28-/m0/s1. The first kappa shape index (κ1) is 34.7. The lowest BCUT2D eigenvalue weighted by Crippen LogP contribution is -2.23. The largest absolute Gasteiger partial charge is 0.481 e. The van der Waals surface area contributed by atoms with Crippen molar-refractivity contribution in [2.24, 2.45) is 5.41 Å². The second-order valence-corrected chi connectivity index (χ2v) is 12.7. The number of aliphatic carboxylic acids is 1. The summed E-state index contributed by atoms with van der Waals surface area (Å²) in [4.78, 5) is 28.8. The fourth-order valence-corrected chi connectivity index (χ4v) is 5.21. The third-order valence-electron chi connectivity index (χ3n) is 7.80. The Morgan fingerprint density at radius 3 is 2.44 bits per heavy atom. The predicted molar refractivity (Wildman–Crippen MR) is 170 cm³/mol. The van der Waals surface area contributed by atoms with Gasteiger partial charge in [0.25, 0.3) is 5.56 Å². The number of rotatable bonds is 21. The number of carbonyl (C=O) groups is 1. The van der Waals surface area contributed by atoms with Crippen molar-refractivity contribution in [3.8, 4) is 0 Å². The number of aryl methyl sites for hydroxylation is 2. The normalized spacial score (nSPS) is 13.8. The van der Waals surface area contributed by atoms with E-state index in [1.54, 1.807) is 16.8 Å². The second kappa shape index (κ2) is 18.8. The molecule has 2 N–H and O–H groups in total. The molecule has 240 valence electrons. The zero-order valence-corrected chi connectivity index (χ0v) is 26.6. The first-order valence-electron chi connectivity index (χ1n) is 16.1. The number of pyridine rings is 2. The first-order chi connectivity index (χ1) is 20.7. The molecule has 9 nitrogen and oxygen atoms in total. The van der Waals surface area contributed by atoms with E-state index in [9.17, 15) is 14.7 Å². The van der Waals surface area contributed by atoms with Crippen LogP contribution in [0.1, 0.15) is 94.9 Å². The van der Waals surface area contributed by atoms with Crippen LogP contribution >= 0.6 is 0 Å². The molecule has 0 amide bonds. The van der Waals surface area contributed by atoms with Crippen molar-refractivity contribution >= 4 is 11.8 Å². The molecule has 0 bridgehead atoms. The molecular weight excluding hydrogens is 546 g/mol. The highest BCUT2D eigenvalue weighted by atomic mass is 16.5. The maximum Gasteiger partial charge on any atom is 0.303 e. The van der Waals surface area contributed by atoms with E-state index < -0.39 is 5.97 Å². The van der Waals surface area contributed by atoms with Crippen LogP contribution in [-0.2, 0) is 38.4 Å². The Balaban J connectivity index is 1.33. The quantitative estimate of drug-likeness (QED) is 0.172. The van der Waals surface area contributed by atoms with E-state index in [0.29, 0.717) is 39.6 Å². The van der Waals surface area contributed by atoms with Gasteiger partial charge in [-0.05, 0) is 67.1 Å². The molecule has 0 unspecified atom stereocenters. The van der Waals surface area contributed by atoms with Gasteiger partial charge in [-0.3, -0.25) is 9.59 Å². The van der Waals surface area contributed by atoms with Crippen LogP contribution < -0.4 is 10.9 Å². The maximum atomic E-state index is 12.4. The summed E-state index contributed by atoms with van der Waals surface area (Å²) in [6.07, 6.45) is 11.0. The van der Waals surface area contributed by atoms with E-state index in [4.69, 9.17) is 19.2 Å². The molecular formula is C34H53N3O6. The van der Waals surface area contributed by atoms with Crippen LogP contribution in [0, 0.1) is 5.41 Å². The lowest BCUT2D eigenvalue weighted by Gasteiger charge is -2.18. The van der Waals surface area contributed by atoms with E-state index in [1.165, 1.54) is 11.6 Å². The summed E-state index contributed by atoms with van der Waals surface area (Å²) in [5, 5.41) is 12.9. The Morgan fingerprint density at radius 2 is 1.70 bits per heavy atom. The predicted octanol–water partition coefficient (Wildman–Crippen LogP) is 5.84. The monoisotopic (exact) mass is 599 g/mol. The molecule has 2 aromatic heterocycles. The molecule has 9 heteroatoms. The highest BCUT2D eigenvalue weighted by Gasteiger charge is 2.17. The first-order valence-corrected chi connectivity index (χ1v) is 16.1. The lowest BCUT2D eigenvalue weighted by atomic mass is 9.91. The van der Waals surface area contributed by atoms with Crippen molar-refractivity contribution in [2.75, 3.05) is 51.5 Å². The zero-order chi connectivity index (χ0) is 30.9. The van der Waals surface area contributed by atoms with Gasteiger partial charge in [0.05, 0.1) is 39.5 Å². The van der Waals surface area contributed by atoms with Crippen molar-refractivity contribution < 1.29 is 24.1 Å². The Morgan fingerprint density at radius 1 is 0.977 bits per heavy atom. The number of nitrogens with zero attached hydrogens (tertiary/aromatic N) is 2. The Labute approximate surface area is 257 Å². The summed E-state index contributed by atoms with van der Waals surface area (Å²) in [6.45, 7) is 11.1. The number of fused-ring (bicyclic) bond motifs is 1. The molecule has 0 saturated carbocycles. The lowest BCUT2D eigenvalue weighted by molar-refractivity contribution is -0.137. The number of carboxylic acids is 1. The number of ether oxygens (including phenoxy) is 3. The Kier molecular flexibility index (Phi) is 15.2. The Bertz CT molecular complexity index is 1160. The van der Waals surface area contributed by atoms with E-state index in [1.807, 2.05) is 0 Å². The minimum Gasteiger partial charge on any atom is -0.481 e. The summed E-state index contributed by atoms with van der Waals surface area (Å²) >= 11 is 0. The SMILES string of the molecule is CC(C)(C)CCOCCOCCOCCn1cc([C@@H](CCCCCCc2ccc3c(n2)NCCC3)CC(=O)O)ccc1=O. The van der Waals surface area contributed by atoms with Crippen molar-refractivity contribution in [1.29, 1.82) is 0 Å². The molecule has 0 fully saturated rings. The van der Waals surface area contributed by atoms with Crippen LogP contribution in [0.15, 0.2) is 35.3 Å². The van der Waals surface area contributed by atoms with Gasteiger partial charge in [-0.1, -0.05) is 52.2 Å². The van der Waals surface area contributed by atoms with Crippen molar-refractivity contribution in [1.82, 2.24) is 9.55 Å². The molecule has 3 heterocycles. The number of nitrogens with one attached hydrogen (secondary N) is 1. The molecule has 0 radical (unpaired) electrons. The Hall–Kier alpha value is -2.75. The van der Waals surface area contributed by atoms with Gasteiger partial charge in [0.15, 0.2) is 0 Å². The zero-order valence-electron chi connectivity index (χ0n) is 26.6. The van der Waals surface area contributed by atoms with Gasteiger partial charge < -0.3 is 29.2 Å². The van der Waals surface area contributed by atoms with Gasteiger partial charge in [-0.15, -0.1) is 0 Å². The average Bonchev–Trinajstić information content (AvgIpc) is 2.97. The third kappa shape index (κ3) is 14.1. The van der Waals surface area contributed by atoms with Gasteiger partial charge >= 0.3 is 5.97 Å². The smallest absolute Gasteiger partial charge is 0.303 e. The van der Waals surface area contributed by atoms with E-state index in [2.05, 4.69) is 38.2 Å². The van der Waals surface area contributed by atoms with Gasteiger partial charge in [0.1, 0.15) is 5.82 Å². The highest BCUT2D eigenvalue weighted by Crippen LogP contribution is 2.26. The summed E-state index contributed by atoms with van der Waals surface area (Å²) in [7, 11) is 0. The van der Waals surface area contributed by atoms with Gasteiger partial charge in [0, 0.05) is 37.7 Å².